The fraction of sp³-hybridized carbons (Fsp3) is 0.875. The molecule has 0 amide bonds. The van der Waals surface area contributed by atoms with E-state index in [9.17, 15) is 9.90 Å². The van der Waals surface area contributed by atoms with E-state index in [2.05, 4.69) is 0 Å². The Hall–Kier alpha value is -0.610. The zero-order valence-electron chi connectivity index (χ0n) is 7.23. The maximum Gasteiger partial charge on any atom is 0.317 e. The fourth-order valence-electron chi connectivity index (χ4n) is 1.77. The van der Waals surface area contributed by atoms with Crippen molar-refractivity contribution in [3.8, 4) is 0 Å². The number of likely N-dealkylation sites (tertiary alicyclic amines) is 1. The molecule has 1 heterocycles. The van der Waals surface area contributed by atoms with Gasteiger partial charge in [-0.2, -0.15) is 0 Å². The summed E-state index contributed by atoms with van der Waals surface area (Å²) in [5.74, 6) is -0.817. The zero-order valence-corrected chi connectivity index (χ0v) is 7.23. The van der Waals surface area contributed by atoms with Gasteiger partial charge in [0.1, 0.15) is 0 Å². The van der Waals surface area contributed by atoms with E-state index < -0.39 is 12.1 Å². The molecule has 1 saturated heterocycles. The van der Waals surface area contributed by atoms with Crippen LogP contribution in [0.4, 0.5) is 0 Å². The first-order valence-electron chi connectivity index (χ1n) is 4.25. The highest BCUT2D eigenvalue weighted by Crippen LogP contribution is 2.19. The average molecular weight is 173 g/mol. The quantitative estimate of drug-likeness (QED) is 0.626. The van der Waals surface area contributed by atoms with Crippen LogP contribution in [-0.4, -0.2) is 46.3 Å². The van der Waals surface area contributed by atoms with E-state index in [1.807, 2.05) is 4.90 Å². The number of carboxylic acids is 1. The Balaban J connectivity index is 2.46. The van der Waals surface area contributed by atoms with Crippen LogP contribution in [0.15, 0.2) is 0 Å². The molecular weight excluding hydrogens is 158 g/mol. The summed E-state index contributed by atoms with van der Waals surface area (Å²) in [7, 11) is 0. The van der Waals surface area contributed by atoms with Crippen molar-refractivity contribution in [3.05, 3.63) is 0 Å². The lowest BCUT2D eigenvalue weighted by molar-refractivity contribution is -0.138. The summed E-state index contributed by atoms with van der Waals surface area (Å²) in [6.45, 7) is 2.56. The van der Waals surface area contributed by atoms with Crippen molar-refractivity contribution in [1.29, 1.82) is 0 Å². The van der Waals surface area contributed by atoms with Gasteiger partial charge < -0.3 is 10.2 Å². The minimum Gasteiger partial charge on any atom is -0.480 e. The van der Waals surface area contributed by atoms with E-state index in [1.54, 1.807) is 6.92 Å². The number of rotatable bonds is 3. The molecule has 2 N–H and O–H groups in total. The number of aliphatic hydroxyl groups excluding tert-OH is 1. The summed E-state index contributed by atoms with van der Waals surface area (Å²) in [5, 5.41) is 17.9. The third-order valence-electron chi connectivity index (χ3n) is 2.31. The predicted octanol–water partition coefficient (Wildman–Crippen LogP) is -0.0838. The van der Waals surface area contributed by atoms with Gasteiger partial charge in [-0.3, -0.25) is 9.69 Å². The van der Waals surface area contributed by atoms with Crippen molar-refractivity contribution in [2.24, 2.45) is 0 Å². The second-order valence-electron chi connectivity index (χ2n) is 3.31. The van der Waals surface area contributed by atoms with Crippen molar-refractivity contribution in [3.63, 3.8) is 0 Å². The molecule has 12 heavy (non-hydrogen) atoms. The molecule has 4 nitrogen and oxygen atoms in total. The normalized spacial score (nSPS) is 27.3. The number of hydrogen-bond donors (Lipinski definition) is 2. The van der Waals surface area contributed by atoms with E-state index in [-0.39, 0.29) is 12.6 Å². The van der Waals surface area contributed by atoms with Gasteiger partial charge in [-0.1, -0.05) is 0 Å². The third kappa shape index (κ3) is 2.19. The Kier molecular flexibility index (Phi) is 3.05. The number of aliphatic carboxylic acids is 1. The van der Waals surface area contributed by atoms with Crippen LogP contribution in [0.2, 0.25) is 0 Å². The standard InChI is InChI=1S/C8H15NO3/c1-6(10)7-3-2-4-9(7)5-8(11)12/h6-7,10H,2-5H2,1H3,(H,11,12)/t6-,7-/m0/s1. The third-order valence-corrected chi connectivity index (χ3v) is 2.31. The average Bonchev–Trinajstić information content (AvgIpc) is 2.33. The van der Waals surface area contributed by atoms with E-state index in [1.165, 1.54) is 0 Å². The van der Waals surface area contributed by atoms with Crippen molar-refractivity contribution in [1.82, 2.24) is 4.90 Å². The van der Waals surface area contributed by atoms with Crippen LogP contribution in [0.3, 0.4) is 0 Å². The zero-order chi connectivity index (χ0) is 9.14. The van der Waals surface area contributed by atoms with Gasteiger partial charge in [0.15, 0.2) is 0 Å². The molecule has 0 spiro atoms. The van der Waals surface area contributed by atoms with Crippen LogP contribution in [0, 0.1) is 0 Å². The van der Waals surface area contributed by atoms with E-state index in [0.29, 0.717) is 0 Å². The number of aliphatic hydroxyl groups is 1. The summed E-state index contributed by atoms with van der Waals surface area (Å²) in [5.41, 5.74) is 0. The van der Waals surface area contributed by atoms with Gasteiger partial charge in [0.05, 0.1) is 12.6 Å². The first-order chi connectivity index (χ1) is 5.61. The summed E-state index contributed by atoms with van der Waals surface area (Å²) in [6, 6.07) is 0.0427. The van der Waals surface area contributed by atoms with Gasteiger partial charge >= 0.3 is 5.97 Å². The topological polar surface area (TPSA) is 60.8 Å². The molecule has 0 saturated carbocycles. The number of carboxylic acid groups (broad SMARTS) is 1. The maximum atomic E-state index is 10.4. The van der Waals surface area contributed by atoms with Crippen molar-refractivity contribution in [2.45, 2.75) is 31.9 Å². The van der Waals surface area contributed by atoms with Gasteiger partial charge in [0.25, 0.3) is 0 Å². The summed E-state index contributed by atoms with van der Waals surface area (Å²) in [4.78, 5) is 12.2. The molecule has 1 aliphatic heterocycles. The first-order valence-corrected chi connectivity index (χ1v) is 4.25. The van der Waals surface area contributed by atoms with Gasteiger partial charge in [-0.25, -0.2) is 0 Å². The second kappa shape index (κ2) is 3.87. The monoisotopic (exact) mass is 173 g/mol. The van der Waals surface area contributed by atoms with Gasteiger partial charge in [-0.05, 0) is 26.3 Å². The molecule has 1 fully saturated rings. The van der Waals surface area contributed by atoms with Gasteiger partial charge in [0, 0.05) is 6.04 Å². The van der Waals surface area contributed by atoms with E-state index >= 15 is 0 Å². The summed E-state index contributed by atoms with van der Waals surface area (Å²) < 4.78 is 0. The minimum absolute atomic E-state index is 0.0427. The lowest BCUT2D eigenvalue weighted by Gasteiger charge is -2.24. The molecule has 0 radical (unpaired) electrons. The molecule has 0 unspecified atom stereocenters. The molecule has 2 atom stereocenters. The van der Waals surface area contributed by atoms with Crippen LogP contribution >= 0.6 is 0 Å². The lowest BCUT2D eigenvalue weighted by atomic mass is 10.1. The van der Waals surface area contributed by atoms with Crippen LogP contribution in [0.1, 0.15) is 19.8 Å². The number of hydrogen-bond acceptors (Lipinski definition) is 3. The largest absolute Gasteiger partial charge is 0.480 e. The second-order valence-corrected chi connectivity index (χ2v) is 3.31. The molecule has 0 aromatic rings. The molecule has 0 aromatic heterocycles. The van der Waals surface area contributed by atoms with E-state index in [4.69, 9.17) is 5.11 Å². The Bertz CT molecular complexity index is 170. The van der Waals surface area contributed by atoms with Crippen LogP contribution in [-0.2, 0) is 4.79 Å². The summed E-state index contributed by atoms with van der Waals surface area (Å²) >= 11 is 0. The van der Waals surface area contributed by atoms with Crippen LogP contribution in [0.5, 0.6) is 0 Å². The number of nitrogens with zero attached hydrogens (tertiary/aromatic N) is 1. The molecule has 1 aliphatic rings. The Labute approximate surface area is 71.8 Å². The first kappa shape index (κ1) is 9.48. The van der Waals surface area contributed by atoms with Gasteiger partial charge in [-0.15, -0.1) is 0 Å². The Morgan fingerprint density at radius 3 is 2.92 bits per heavy atom. The molecule has 4 heteroatoms. The maximum absolute atomic E-state index is 10.4. The highest BCUT2D eigenvalue weighted by atomic mass is 16.4. The SMILES string of the molecule is C[C@H](O)[C@@H]1CCCN1CC(=O)O. The van der Waals surface area contributed by atoms with Crippen LogP contribution in [0.25, 0.3) is 0 Å². The Morgan fingerprint density at radius 1 is 1.75 bits per heavy atom. The smallest absolute Gasteiger partial charge is 0.317 e. The minimum atomic E-state index is -0.817. The molecule has 0 aliphatic carbocycles. The fourth-order valence-corrected chi connectivity index (χ4v) is 1.77. The van der Waals surface area contributed by atoms with Crippen molar-refractivity contribution >= 4 is 5.97 Å². The highest BCUT2D eigenvalue weighted by Gasteiger charge is 2.29. The Morgan fingerprint density at radius 2 is 2.42 bits per heavy atom. The lowest BCUT2D eigenvalue weighted by Crippen LogP contribution is -2.40. The molecule has 1 rings (SSSR count). The predicted molar refractivity (Wildman–Crippen MR) is 43.9 cm³/mol. The molecule has 0 aromatic carbocycles. The molecular formula is C8H15NO3. The molecule has 70 valence electrons. The molecule has 0 bridgehead atoms. The van der Waals surface area contributed by atoms with Crippen molar-refractivity contribution in [2.75, 3.05) is 13.1 Å². The highest BCUT2D eigenvalue weighted by molar-refractivity contribution is 5.69. The number of carbonyl (C=O) groups is 1. The van der Waals surface area contributed by atoms with Crippen LogP contribution < -0.4 is 0 Å². The van der Waals surface area contributed by atoms with Crippen molar-refractivity contribution < 1.29 is 15.0 Å². The van der Waals surface area contributed by atoms with E-state index in [0.717, 1.165) is 19.4 Å². The van der Waals surface area contributed by atoms with Gasteiger partial charge in [0.2, 0.25) is 0 Å². The summed E-state index contributed by atoms with van der Waals surface area (Å²) in [6.07, 6.45) is 1.47.